The number of nitrogens with zero attached hydrogens (tertiary/aromatic N) is 2. The molecule has 0 radical (unpaired) electrons. The average molecular weight is 324 g/mol. The fraction of sp³-hybridized carbons (Fsp3) is 0.263. The number of rotatable bonds is 2. The van der Waals surface area contributed by atoms with Gasteiger partial charge in [-0.1, -0.05) is 47.2 Å². The molecule has 0 saturated carbocycles. The fourth-order valence-electron chi connectivity index (χ4n) is 2.80. The number of carbonyl (C=O) groups excluding carboxylic acids is 1. The molecular formula is C19H20N2OS. The lowest BCUT2D eigenvalue weighted by Crippen LogP contribution is -2.14. The van der Waals surface area contributed by atoms with Crippen LogP contribution in [-0.4, -0.2) is 10.5 Å². The fourth-order valence-corrected chi connectivity index (χ4v) is 3.92. The van der Waals surface area contributed by atoms with Crippen LogP contribution in [0.4, 0.5) is 0 Å². The molecule has 0 spiro atoms. The van der Waals surface area contributed by atoms with Gasteiger partial charge in [0.2, 0.25) is 0 Å². The molecule has 1 aromatic heterocycles. The molecule has 2 aromatic carbocycles. The normalized spacial score (nSPS) is 12.1. The van der Waals surface area contributed by atoms with Crippen molar-refractivity contribution in [1.82, 2.24) is 4.57 Å². The van der Waals surface area contributed by atoms with Gasteiger partial charge in [0.15, 0.2) is 4.80 Å². The number of benzene rings is 2. The van der Waals surface area contributed by atoms with Crippen LogP contribution in [0.1, 0.15) is 22.3 Å². The predicted octanol–water partition coefficient (Wildman–Crippen LogP) is 3.84. The summed E-state index contributed by atoms with van der Waals surface area (Å²) in [6.45, 7) is 6.15. The highest BCUT2D eigenvalue weighted by Gasteiger charge is 2.09. The average Bonchev–Trinajstić information content (AvgIpc) is 2.80. The number of hydrogen-bond acceptors (Lipinski definition) is 2. The topological polar surface area (TPSA) is 34.4 Å². The van der Waals surface area contributed by atoms with Gasteiger partial charge in [0.1, 0.15) is 0 Å². The summed E-state index contributed by atoms with van der Waals surface area (Å²) in [5, 5.41) is 0. The molecular weight excluding hydrogens is 304 g/mol. The molecule has 118 valence electrons. The SMILES string of the molecule is Cc1ccc(C)c(CC(=O)N=c2sc3cccc(C)c3n2C)c1. The third-order valence-electron chi connectivity index (χ3n) is 4.09. The monoisotopic (exact) mass is 324 g/mol. The molecule has 0 saturated heterocycles. The van der Waals surface area contributed by atoms with Gasteiger partial charge in [-0.2, -0.15) is 4.99 Å². The van der Waals surface area contributed by atoms with Crippen LogP contribution in [0.3, 0.4) is 0 Å². The van der Waals surface area contributed by atoms with E-state index < -0.39 is 0 Å². The van der Waals surface area contributed by atoms with E-state index in [9.17, 15) is 4.79 Å². The number of hydrogen-bond donors (Lipinski definition) is 0. The Morgan fingerprint density at radius 3 is 2.65 bits per heavy atom. The molecule has 0 aliphatic carbocycles. The summed E-state index contributed by atoms with van der Waals surface area (Å²) < 4.78 is 3.17. The molecule has 3 aromatic rings. The summed E-state index contributed by atoms with van der Waals surface area (Å²) in [5.74, 6) is -0.0986. The van der Waals surface area contributed by atoms with E-state index in [0.29, 0.717) is 6.42 Å². The largest absolute Gasteiger partial charge is 0.319 e. The van der Waals surface area contributed by atoms with Gasteiger partial charge in [0.25, 0.3) is 5.91 Å². The first-order valence-electron chi connectivity index (χ1n) is 7.64. The number of amides is 1. The molecule has 3 nitrogen and oxygen atoms in total. The maximum atomic E-state index is 12.4. The van der Waals surface area contributed by atoms with E-state index >= 15 is 0 Å². The maximum Gasteiger partial charge on any atom is 0.252 e. The van der Waals surface area contributed by atoms with Gasteiger partial charge in [-0.15, -0.1) is 0 Å². The molecule has 0 atom stereocenters. The van der Waals surface area contributed by atoms with Crippen LogP contribution in [0.25, 0.3) is 10.2 Å². The first kappa shape index (κ1) is 15.7. The zero-order valence-electron chi connectivity index (χ0n) is 13.9. The standard InChI is InChI=1S/C19H20N2OS/c1-12-8-9-13(2)15(10-12)11-17(22)20-19-21(4)18-14(3)6-5-7-16(18)23-19/h5-10H,11H2,1-4H3. The van der Waals surface area contributed by atoms with Crippen LogP contribution >= 0.6 is 11.3 Å². The van der Waals surface area contributed by atoms with Crippen molar-refractivity contribution in [3.63, 3.8) is 0 Å². The van der Waals surface area contributed by atoms with Crippen molar-refractivity contribution >= 4 is 27.5 Å². The Hall–Kier alpha value is -2.20. The Bertz CT molecular complexity index is 963. The van der Waals surface area contributed by atoms with Crippen molar-refractivity contribution < 1.29 is 4.79 Å². The quantitative estimate of drug-likeness (QED) is 0.705. The van der Waals surface area contributed by atoms with E-state index in [2.05, 4.69) is 42.2 Å². The van der Waals surface area contributed by atoms with E-state index in [1.807, 2.05) is 31.5 Å². The third kappa shape index (κ3) is 3.13. The molecule has 1 heterocycles. The Balaban J connectivity index is 1.98. The van der Waals surface area contributed by atoms with E-state index in [-0.39, 0.29) is 5.91 Å². The first-order chi connectivity index (χ1) is 11.0. The zero-order valence-corrected chi connectivity index (χ0v) is 14.7. The van der Waals surface area contributed by atoms with E-state index in [1.165, 1.54) is 11.1 Å². The summed E-state index contributed by atoms with van der Waals surface area (Å²) in [5.41, 5.74) is 5.70. The van der Waals surface area contributed by atoms with Gasteiger partial charge in [-0.25, -0.2) is 0 Å². The van der Waals surface area contributed by atoms with Crippen LogP contribution in [0.2, 0.25) is 0 Å². The molecule has 3 rings (SSSR count). The minimum atomic E-state index is -0.0986. The highest BCUT2D eigenvalue weighted by Crippen LogP contribution is 2.20. The molecule has 0 aliphatic heterocycles. The lowest BCUT2D eigenvalue weighted by atomic mass is 10.0. The summed E-state index contributed by atoms with van der Waals surface area (Å²) in [6.07, 6.45) is 0.348. The second-order valence-electron chi connectivity index (χ2n) is 5.98. The van der Waals surface area contributed by atoms with Crippen LogP contribution in [0, 0.1) is 20.8 Å². The molecule has 0 fully saturated rings. The molecule has 0 aliphatic rings. The second kappa shape index (κ2) is 6.13. The smallest absolute Gasteiger partial charge is 0.252 e. The Labute approximate surface area is 139 Å². The van der Waals surface area contributed by atoms with Gasteiger partial charge >= 0.3 is 0 Å². The summed E-state index contributed by atoms with van der Waals surface area (Å²) in [4.78, 5) is 17.5. The Morgan fingerprint density at radius 2 is 1.91 bits per heavy atom. The molecule has 0 unspecified atom stereocenters. The van der Waals surface area contributed by atoms with Gasteiger partial charge in [0, 0.05) is 7.05 Å². The number of para-hydroxylation sites is 1. The van der Waals surface area contributed by atoms with E-state index in [4.69, 9.17) is 0 Å². The van der Waals surface area contributed by atoms with Crippen molar-refractivity contribution in [2.75, 3.05) is 0 Å². The third-order valence-corrected chi connectivity index (χ3v) is 5.19. The zero-order chi connectivity index (χ0) is 16.6. The molecule has 4 heteroatoms. The molecule has 0 bridgehead atoms. The summed E-state index contributed by atoms with van der Waals surface area (Å²) in [6, 6.07) is 12.4. The molecule has 0 N–H and O–H groups in total. The highest BCUT2D eigenvalue weighted by atomic mass is 32.1. The van der Waals surface area contributed by atoms with Crippen LogP contribution in [0.15, 0.2) is 41.4 Å². The molecule has 23 heavy (non-hydrogen) atoms. The van der Waals surface area contributed by atoms with Crippen LogP contribution < -0.4 is 4.80 Å². The van der Waals surface area contributed by atoms with Gasteiger partial charge in [0.05, 0.1) is 16.6 Å². The van der Waals surface area contributed by atoms with Gasteiger partial charge in [-0.05, 0) is 43.5 Å². The van der Waals surface area contributed by atoms with Crippen molar-refractivity contribution in [1.29, 1.82) is 0 Å². The van der Waals surface area contributed by atoms with Crippen molar-refractivity contribution in [3.05, 3.63) is 63.5 Å². The first-order valence-corrected chi connectivity index (χ1v) is 8.46. The summed E-state index contributed by atoms with van der Waals surface area (Å²) >= 11 is 1.56. The van der Waals surface area contributed by atoms with Crippen LogP contribution in [-0.2, 0) is 18.3 Å². The lowest BCUT2D eigenvalue weighted by Gasteiger charge is -2.04. The summed E-state index contributed by atoms with van der Waals surface area (Å²) in [7, 11) is 1.97. The van der Waals surface area contributed by atoms with Gasteiger partial charge in [-0.3, -0.25) is 4.79 Å². The Morgan fingerprint density at radius 1 is 1.13 bits per heavy atom. The second-order valence-corrected chi connectivity index (χ2v) is 6.99. The number of fused-ring (bicyclic) bond motifs is 1. The maximum absolute atomic E-state index is 12.4. The Kier molecular flexibility index (Phi) is 4.18. The van der Waals surface area contributed by atoms with E-state index in [0.717, 1.165) is 26.1 Å². The van der Waals surface area contributed by atoms with E-state index in [1.54, 1.807) is 11.3 Å². The van der Waals surface area contributed by atoms with Gasteiger partial charge < -0.3 is 4.57 Å². The highest BCUT2D eigenvalue weighted by molar-refractivity contribution is 7.16. The minimum Gasteiger partial charge on any atom is -0.319 e. The predicted molar refractivity (Wildman–Crippen MR) is 95.7 cm³/mol. The lowest BCUT2D eigenvalue weighted by molar-refractivity contribution is -0.117. The van der Waals surface area contributed by atoms with Crippen LogP contribution in [0.5, 0.6) is 0 Å². The number of aryl methyl sites for hydroxylation is 4. The number of carbonyl (C=O) groups is 1. The number of thiazole rings is 1. The minimum absolute atomic E-state index is 0.0986. The molecule has 1 amide bonds. The number of aromatic nitrogens is 1. The van der Waals surface area contributed by atoms with Crippen molar-refractivity contribution in [3.8, 4) is 0 Å². The van der Waals surface area contributed by atoms with Crippen molar-refractivity contribution in [2.24, 2.45) is 12.0 Å². The van der Waals surface area contributed by atoms with Crippen molar-refractivity contribution in [2.45, 2.75) is 27.2 Å².